The number of hydrogen-bond acceptors (Lipinski definition) is 6. The lowest BCUT2D eigenvalue weighted by molar-refractivity contribution is 0.392. The molecule has 34 heavy (non-hydrogen) atoms. The van der Waals surface area contributed by atoms with Crippen molar-refractivity contribution in [2.75, 3.05) is 23.3 Å². The molecule has 4 aromatic rings. The molecule has 3 aromatic heterocycles. The van der Waals surface area contributed by atoms with Gasteiger partial charge in [-0.25, -0.2) is 4.98 Å². The molecule has 0 saturated carbocycles. The van der Waals surface area contributed by atoms with Gasteiger partial charge in [0, 0.05) is 49.2 Å². The molecule has 5 rings (SSSR count). The van der Waals surface area contributed by atoms with E-state index in [9.17, 15) is 4.79 Å². The van der Waals surface area contributed by atoms with E-state index in [4.69, 9.17) is 16.6 Å². The first-order valence-electron chi connectivity index (χ1n) is 11.7. The van der Waals surface area contributed by atoms with Crippen molar-refractivity contribution in [2.45, 2.75) is 32.7 Å². The van der Waals surface area contributed by atoms with E-state index in [1.807, 2.05) is 36.5 Å². The van der Waals surface area contributed by atoms with Crippen LogP contribution < -0.4 is 15.8 Å². The third-order valence-corrected chi connectivity index (χ3v) is 6.93. The molecule has 0 amide bonds. The lowest BCUT2D eigenvalue weighted by Gasteiger charge is -2.31. The van der Waals surface area contributed by atoms with Crippen LogP contribution in [0.1, 0.15) is 31.7 Å². The van der Waals surface area contributed by atoms with Crippen LogP contribution in [0.15, 0.2) is 53.7 Å². The summed E-state index contributed by atoms with van der Waals surface area (Å²) in [5.41, 5.74) is 2.34. The summed E-state index contributed by atoms with van der Waals surface area (Å²) in [5.74, 6) is 2.06. The molecule has 0 aliphatic carbocycles. The zero-order valence-electron chi connectivity index (χ0n) is 19.4. The second kappa shape index (κ2) is 9.46. The Kier molecular flexibility index (Phi) is 6.24. The van der Waals surface area contributed by atoms with E-state index < -0.39 is 0 Å². The summed E-state index contributed by atoms with van der Waals surface area (Å²) in [4.78, 5) is 24.2. The van der Waals surface area contributed by atoms with Gasteiger partial charge in [0.1, 0.15) is 5.02 Å². The van der Waals surface area contributed by atoms with Gasteiger partial charge in [-0.2, -0.15) is 10.1 Å². The van der Waals surface area contributed by atoms with Crippen LogP contribution in [-0.2, 0) is 13.6 Å². The molecule has 1 aromatic carbocycles. The van der Waals surface area contributed by atoms with E-state index in [0.29, 0.717) is 28.9 Å². The number of aryl methyl sites for hydroxylation is 1. The van der Waals surface area contributed by atoms with E-state index in [1.54, 1.807) is 28.7 Å². The Morgan fingerprint density at radius 2 is 2.03 bits per heavy atom. The molecule has 0 bridgehead atoms. The molecule has 0 spiro atoms. The Morgan fingerprint density at radius 1 is 1.21 bits per heavy atom. The number of nitrogens with one attached hydrogen (secondary N) is 1. The first-order valence-corrected chi connectivity index (χ1v) is 12.0. The van der Waals surface area contributed by atoms with E-state index >= 15 is 0 Å². The van der Waals surface area contributed by atoms with Gasteiger partial charge in [0.25, 0.3) is 5.56 Å². The fourth-order valence-corrected chi connectivity index (χ4v) is 4.72. The summed E-state index contributed by atoms with van der Waals surface area (Å²) in [6.45, 7) is 4.59. The largest absolute Gasteiger partial charge is 0.341 e. The molecule has 0 radical (unpaired) electrons. The van der Waals surface area contributed by atoms with Crippen molar-refractivity contribution in [3.63, 3.8) is 0 Å². The standard InChI is InChI=1S/C25H28ClN7O/c1-3-17-7-11-32(12-8-17)25-27-15-21(26)23(30-25)29-20-5-6-22-18(14-20)13-19(24(34)31(22)2)16-33-10-4-9-28-33/h4-6,9-10,13-15,17H,3,7-8,11-12,16H2,1-2H3,(H,27,29,30). The number of anilines is 3. The topological polar surface area (TPSA) is 80.9 Å². The number of benzene rings is 1. The highest BCUT2D eigenvalue weighted by atomic mass is 35.5. The molecule has 1 fully saturated rings. The van der Waals surface area contributed by atoms with E-state index in [-0.39, 0.29) is 5.56 Å². The minimum Gasteiger partial charge on any atom is -0.341 e. The van der Waals surface area contributed by atoms with Gasteiger partial charge in [-0.1, -0.05) is 24.9 Å². The average molecular weight is 478 g/mol. The lowest BCUT2D eigenvalue weighted by atomic mass is 9.95. The van der Waals surface area contributed by atoms with Crippen molar-refractivity contribution in [3.8, 4) is 0 Å². The highest BCUT2D eigenvalue weighted by Gasteiger charge is 2.20. The van der Waals surface area contributed by atoms with Crippen LogP contribution in [0.4, 0.5) is 17.5 Å². The minimum atomic E-state index is -0.0287. The molecule has 176 valence electrons. The molecule has 1 aliphatic heterocycles. The van der Waals surface area contributed by atoms with E-state index in [1.165, 1.54) is 6.42 Å². The summed E-state index contributed by atoms with van der Waals surface area (Å²) in [5, 5.41) is 8.98. The fourth-order valence-electron chi connectivity index (χ4n) is 4.59. The first-order chi connectivity index (χ1) is 16.5. The fraction of sp³-hybridized carbons (Fsp3) is 0.360. The van der Waals surface area contributed by atoms with Gasteiger partial charge >= 0.3 is 0 Å². The molecule has 0 atom stereocenters. The second-order valence-corrected chi connectivity index (χ2v) is 9.25. The predicted octanol–water partition coefficient (Wildman–Crippen LogP) is 4.60. The quantitative estimate of drug-likeness (QED) is 0.437. The molecule has 8 nitrogen and oxygen atoms in total. The molecule has 9 heteroatoms. The summed E-state index contributed by atoms with van der Waals surface area (Å²) in [6, 6.07) is 9.64. The van der Waals surface area contributed by atoms with Crippen LogP contribution in [0.2, 0.25) is 5.02 Å². The second-order valence-electron chi connectivity index (χ2n) is 8.84. The van der Waals surface area contributed by atoms with Crippen LogP contribution in [0, 0.1) is 5.92 Å². The van der Waals surface area contributed by atoms with Crippen molar-refractivity contribution < 1.29 is 0 Å². The summed E-state index contributed by atoms with van der Waals surface area (Å²) in [7, 11) is 1.79. The van der Waals surface area contributed by atoms with Crippen LogP contribution in [0.3, 0.4) is 0 Å². The molecule has 0 unspecified atom stereocenters. The monoisotopic (exact) mass is 477 g/mol. The maximum atomic E-state index is 12.8. The van der Waals surface area contributed by atoms with Crippen molar-refractivity contribution in [1.82, 2.24) is 24.3 Å². The van der Waals surface area contributed by atoms with Gasteiger partial charge in [-0.3, -0.25) is 9.48 Å². The predicted molar refractivity (Wildman–Crippen MR) is 136 cm³/mol. The van der Waals surface area contributed by atoms with Crippen molar-refractivity contribution in [1.29, 1.82) is 0 Å². The zero-order chi connectivity index (χ0) is 23.7. The Hall–Kier alpha value is -3.39. The van der Waals surface area contributed by atoms with Crippen molar-refractivity contribution in [3.05, 3.63) is 69.9 Å². The number of nitrogens with zero attached hydrogens (tertiary/aromatic N) is 6. The van der Waals surface area contributed by atoms with Gasteiger partial charge in [0.05, 0.1) is 18.3 Å². The number of halogens is 1. The normalized spacial score (nSPS) is 14.6. The van der Waals surface area contributed by atoms with Gasteiger partial charge < -0.3 is 14.8 Å². The smallest absolute Gasteiger partial charge is 0.255 e. The van der Waals surface area contributed by atoms with E-state index in [2.05, 4.69) is 27.2 Å². The van der Waals surface area contributed by atoms with Crippen LogP contribution in [0.5, 0.6) is 0 Å². The van der Waals surface area contributed by atoms with Gasteiger partial charge in [-0.15, -0.1) is 0 Å². The summed E-state index contributed by atoms with van der Waals surface area (Å²) < 4.78 is 3.42. The summed E-state index contributed by atoms with van der Waals surface area (Å²) >= 11 is 6.44. The molecular weight excluding hydrogens is 450 g/mol. The average Bonchev–Trinajstić information content (AvgIpc) is 3.37. The number of piperidine rings is 1. The number of aromatic nitrogens is 5. The number of rotatable bonds is 6. The number of fused-ring (bicyclic) bond motifs is 1. The number of hydrogen-bond donors (Lipinski definition) is 1. The van der Waals surface area contributed by atoms with Crippen molar-refractivity contribution in [2.24, 2.45) is 13.0 Å². The summed E-state index contributed by atoms with van der Waals surface area (Å²) in [6.07, 6.45) is 8.76. The Balaban J connectivity index is 1.42. The molecule has 1 N–H and O–H groups in total. The third kappa shape index (κ3) is 4.50. The molecule has 1 saturated heterocycles. The van der Waals surface area contributed by atoms with Crippen LogP contribution in [0.25, 0.3) is 10.9 Å². The van der Waals surface area contributed by atoms with Gasteiger partial charge in [-0.05, 0) is 49.1 Å². The Morgan fingerprint density at radius 3 is 2.76 bits per heavy atom. The SMILES string of the molecule is CCC1CCN(c2ncc(Cl)c(Nc3ccc4c(c3)cc(Cn3cccn3)c(=O)n4C)n2)CC1. The lowest BCUT2D eigenvalue weighted by Crippen LogP contribution is -2.34. The van der Waals surface area contributed by atoms with Crippen LogP contribution in [-0.4, -0.2) is 37.4 Å². The highest BCUT2D eigenvalue weighted by Crippen LogP contribution is 2.29. The van der Waals surface area contributed by atoms with Gasteiger partial charge in [0.2, 0.25) is 5.95 Å². The van der Waals surface area contributed by atoms with Crippen molar-refractivity contribution >= 4 is 40.0 Å². The van der Waals surface area contributed by atoms with Gasteiger partial charge in [0.15, 0.2) is 5.82 Å². The number of pyridine rings is 1. The Bertz CT molecular complexity index is 1360. The third-order valence-electron chi connectivity index (χ3n) is 6.66. The molecular formula is C25H28ClN7O. The molecule has 1 aliphatic rings. The van der Waals surface area contributed by atoms with E-state index in [0.717, 1.165) is 48.4 Å². The van der Waals surface area contributed by atoms with Crippen LogP contribution >= 0.6 is 11.6 Å². The zero-order valence-corrected chi connectivity index (χ0v) is 20.2. The first kappa shape index (κ1) is 22.4. The maximum Gasteiger partial charge on any atom is 0.255 e. The Labute approximate surface area is 203 Å². The maximum absolute atomic E-state index is 12.8. The highest BCUT2D eigenvalue weighted by molar-refractivity contribution is 6.32. The molecule has 4 heterocycles. The minimum absolute atomic E-state index is 0.0287.